The highest BCUT2D eigenvalue weighted by molar-refractivity contribution is 5.98. The van der Waals surface area contributed by atoms with Crippen molar-refractivity contribution in [2.75, 3.05) is 29.2 Å². The van der Waals surface area contributed by atoms with Gasteiger partial charge in [0.05, 0.1) is 6.20 Å². The maximum absolute atomic E-state index is 12.4. The summed E-state index contributed by atoms with van der Waals surface area (Å²) in [5, 5.41) is 16.7. The van der Waals surface area contributed by atoms with E-state index in [1.165, 1.54) is 0 Å². The number of benzene rings is 1. The molecule has 3 heterocycles. The molecule has 1 aliphatic rings. The van der Waals surface area contributed by atoms with E-state index in [0.29, 0.717) is 24.1 Å². The smallest absolute Gasteiger partial charge is 0.246 e. The average molecular weight is 507 g/mol. The Balaban J connectivity index is 1.50. The van der Waals surface area contributed by atoms with E-state index in [1.807, 2.05) is 24.4 Å². The lowest BCUT2D eigenvalue weighted by Crippen LogP contribution is -2.40. The molecule has 4 rings (SSSR count). The Morgan fingerprint density at radius 1 is 1.22 bits per heavy atom. The number of nitrogens with zero attached hydrogens (tertiary/aromatic N) is 4. The first-order chi connectivity index (χ1) is 17.8. The number of nitrogens with one attached hydrogen (secondary N) is 4. The van der Waals surface area contributed by atoms with Gasteiger partial charge in [0.2, 0.25) is 23.7 Å². The molecule has 1 unspecified atom stereocenters. The van der Waals surface area contributed by atoms with Gasteiger partial charge in [-0.3, -0.25) is 9.59 Å². The van der Waals surface area contributed by atoms with Crippen LogP contribution < -0.4 is 21.3 Å². The fourth-order valence-electron chi connectivity index (χ4n) is 4.03. The van der Waals surface area contributed by atoms with Crippen molar-refractivity contribution in [3.8, 4) is 0 Å². The molecule has 1 aliphatic heterocycles. The van der Waals surface area contributed by atoms with Crippen LogP contribution in [-0.4, -0.2) is 56.7 Å². The Morgan fingerprint density at radius 2 is 2.00 bits per heavy atom. The number of rotatable bonds is 10. The maximum Gasteiger partial charge on any atom is 0.246 e. The second-order valence-electron chi connectivity index (χ2n) is 9.37. The summed E-state index contributed by atoms with van der Waals surface area (Å²) in [5.41, 5.74) is 3.36. The highest BCUT2D eigenvalue weighted by Crippen LogP contribution is 2.23. The number of aromatic nitrogens is 4. The predicted molar refractivity (Wildman–Crippen MR) is 143 cm³/mol. The van der Waals surface area contributed by atoms with Crippen molar-refractivity contribution in [2.24, 2.45) is 0 Å². The van der Waals surface area contributed by atoms with Gasteiger partial charge < -0.3 is 26.0 Å². The number of ether oxygens (including phenoxy) is 1. The van der Waals surface area contributed by atoms with Gasteiger partial charge in [-0.25, -0.2) is 0 Å². The molecule has 4 N–H and O–H groups in total. The van der Waals surface area contributed by atoms with Gasteiger partial charge in [-0.15, -0.1) is 0 Å². The first-order valence-electron chi connectivity index (χ1n) is 12.5. The number of fused-ring (bicyclic) bond motifs is 1. The van der Waals surface area contributed by atoms with Crippen LogP contribution >= 0.6 is 0 Å². The first-order valence-corrected chi connectivity index (χ1v) is 12.5. The summed E-state index contributed by atoms with van der Waals surface area (Å²) in [6.45, 7) is 11.1. The fourth-order valence-corrected chi connectivity index (χ4v) is 4.03. The van der Waals surface area contributed by atoms with Gasteiger partial charge in [0.25, 0.3) is 0 Å². The van der Waals surface area contributed by atoms with Crippen molar-refractivity contribution in [3.05, 3.63) is 54.2 Å². The summed E-state index contributed by atoms with van der Waals surface area (Å²) in [6, 6.07) is 7.04. The minimum absolute atomic E-state index is 0.258. The third-order valence-electron chi connectivity index (χ3n) is 6.15. The molecule has 1 aromatic carbocycles. The van der Waals surface area contributed by atoms with E-state index in [4.69, 9.17) is 14.7 Å². The van der Waals surface area contributed by atoms with E-state index in [0.717, 1.165) is 48.9 Å². The van der Waals surface area contributed by atoms with E-state index in [9.17, 15) is 9.59 Å². The number of hydrogen-bond acceptors (Lipinski definition) is 8. The summed E-state index contributed by atoms with van der Waals surface area (Å²) in [7, 11) is 0. The van der Waals surface area contributed by atoms with Crippen LogP contribution in [0, 0.1) is 0 Å². The van der Waals surface area contributed by atoms with Gasteiger partial charge in [-0.05, 0) is 49.5 Å². The zero-order chi connectivity index (χ0) is 26.4. The number of hydrogen-bond donors (Lipinski definition) is 4. The predicted octanol–water partition coefficient (Wildman–Crippen LogP) is 3.08. The molecule has 0 aliphatic carbocycles. The van der Waals surface area contributed by atoms with Crippen LogP contribution in [-0.2, 0) is 20.9 Å². The molecule has 1 fully saturated rings. The second kappa shape index (κ2) is 11.8. The van der Waals surface area contributed by atoms with Crippen molar-refractivity contribution < 1.29 is 14.3 Å². The number of carbonyl (C=O) groups is 2. The Kier molecular flexibility index (Phi) is 8.34. The van der Waals surface area contributed by atoms with E-state index in [-0.39, 0.29) is 17.9 Å². The minimum Gasteiger partial charge on any atom is -0.381 e. The standard InChI is InChI=1S/C26H34N8O3/c1-5-22(35)29-17(4)24(36)30-20-8-6-7-18(13-20)14-27-26-33-25(31-19-9-11-37-12-10-19)32-23-21(16(2)3)15-28-34(23)26/h5-8,13,15-17,19H,1,9-12,14H2,2-4H3,(H,29,35)(H,30,36)(H2,27,31,32,33). The van der Waals surface area contributed by atoms with Gasteiger partial charge in [0.1, 0.15) is 6.04 Å². The monoisotopic (exact) mass is 506 g/mol. The minimum atomic E-state index is -0.696. The summed E-state index contributed by atoms with van der Waals surface area (Å²) in [6.07, 6.45) is 4.78. The summed E-state index contributed by atoms with van der Waals surface area (Å²) >= 11 is 0. The van der Waals surface area contributed by atoms with Crippen molar-refractivity contribution in [3.63, 3.8) is 0 Å². The van der Waals surface area contributed by atoms with Crippen LogP contribution in [0.5, 0.6) is 0 Å². The zero-order valence-corrected chi connectivity index (χ0v) is 21.5. The SMILES string of the molecule is C=CC(=O)NC(C)C(=O)Nc1cccc(CNc2nc(NC3CCOCC3)nc3c(C(C)C)cnn23)c1. The van der Waals surface area contributed by atoms with Crippen LogP contribution in [0.15, 0.2) is 43.1 Å². The molecule has 2 aromatic heterocycles. The van der Waals surface area contributed by atoms with Crippen LogP contribution in [0.3, 0.4) is 0 Å². The van der Waals surface area contributed by atoms with Crippen molar-refractivity contribution in [1.29, 1.82) is 0 Å². The van der Waals surface area contributed by atoms with E-state index in [1.54, 1.807) is 17.5 Å². The molecular weight excluding hydrogens is 472 g/mol. The first kappa shape index (κ1) is 26.1. The summed E-state index contributed by atoms with van der Waals surface area (Å²) < 4.78 is 7.19. The van der Waals surface area contributed by atoms with E-state index in [2.05, 4.69) is 46.8 Å². The van der Waals surface area contributed by atoms with Crippen LogP contribution in [0.1, 0.15) is 50.7 Å². The van der Waals surface area contributed by atoms with Gasteiger partial charge >= 0.3 is 0 Å². The Labute approximate surface area is 216 Å². The van der Waals surface area contributed by atoms with Gasteiger partial charge in [-0.1, -0.05) is 32.6 Å². The lowest BCUT2D eigenvalue weighted by molar-refractivity contribution is -0.123. The molecule has 0 radical (unpaired) electrons. The molecule has 1 saturated heterocycles. The van der Waals surface area contributed by atoms with Gasteiger partial charge in [0, 0.05) is 37.1 Å². The molecule has 3 aromatic rings. The topological polar surface area (TPSA) is 135 Å². The lowest BCUT2D eigenvalue weighted by atomic mass is 10.1. The molecule has 37 heavy (non-hydrogen) atoms. The molecule has 11 heteroatoms. The Bertz CT molecular complexity index is 1270. The molecule has 0 saturated carbocycles. The van der Waals surface area contributed by atoms with Crippen LogP contribution in [0.25, 0.3) is 5.65 Å². The largest absolute Gasteiger partial charge is 0.381 e. The number of anilines is 3. The quantitative estimate of drug-likeness (QED) is 0.308. The number of carbonyl (C=O) groups excluding carboxylic acids is 2. The Hall–Kier alpha value is -3.99. The van der Waals surface area contributed by atoms with Crippen molar-refractivity contribution >= 4 is 35.0 Å². The van der Waals surface area contributed by atoms with E-state index < -0.39 is 11.9 Å². The fraction of sp³-hybridized carbons (Fsp3) is 0.423. The number of amides is 2. The van der Waals surface area contributed by atoms with Gasteiger partial charge in [0.15, 0.2) is 5.65 Å². The molecule has 196 valence electrons. The normalized spacial score (nSPS) is 14.8. The third kappa shape index (κ3) is 6.62. The zero-order valence-electron chi connectivity index (χ0n) is 21.5. The molecule has 11 nitrogen and oxygen atoms in total. The molecular formula is C26H34N8O3. The maximum atomic E-state index is 12.4. The third-order valence-corrected chi connectivity index (χ3v) is 6.15. The van der Waals surface area contributed by atoms with Crippen LogP contribution in [0.4, 0.5) is 17.6 Å². The van der Waals surface area contributed by atoms with Crippen molar-refractivity contribution in [2.45, 2.75) is 58.2 Å². The highest BCUT2D eigenvalue weighted by Gasteiger charge is 2.19. The van der Waals surface area contributed by atoms with Gasteiger partial charge in [-0.2, -0.15) is 19.6 Å². The summed E-state index contributed by atoms with van der Waals surface area (Å²) in [5.74, 6) is 0.666. The lowest BCUT2D eigenvalue weighted by Gasteiger charge is -2.23. The average Bonchev–Trinajstić information content (AvgIpc) is 3.32. The van der Waals surface area contributed by atoms with Crippen molar-refractivity contribution in [1.82, 2.24) is 24.9 Å². The van der Waals surface area contributed by atoms with Crippen LogP contribution in [0.2, 0.25) is 0 Å². The molecule has 0 spiro atoms. The second-order valence-corrected chi connectivity index (χ2v) is 9.37. The Morgan fingerprint density at radius 3 is 2.73 bits per heavy atom. The highest BCUT2D eigenvalue weighted by atomic mass is 16.5. The molecule has 2 amide bonds. The molecule has 0 bridgehead atoms. The molecule has 1 atom stereocenters. The van der Waals surface area contributed by atoms with E-state index >= 15 is 0 Å². The summed E-state index contributed by atoms with van der Waals surface area (Å²) in [4.78, 5) is 33.4.